The van der Waals surface area contributed by atoms with Crippen molar-refractivity contribution in [1.82, 2.24) is 10.6 Å². The maximum atomic E-state index is 12.0. The van der Waals surface area contributed by atoms with Crippen molar-refractivity contribution in [2.45, 2.75) is 31.1 Å². The van der Waals surface area contributed by atoms with Gasteiger partial charge in [0, 0.05) is 18.7 Å². The van der Waals surface area contributed by atoms with Gasteiger partial charge in [0.1, 0.15) is 6.04 Å². The number of esters is 1. The summed E-state index contributed by atoms with van der Waals surface area (Å²) in [6.07, 6.45) is 0.863. The fourth-order valence-corrected chi connectivity index (χ4v) is 3.48. The van der Waals surface area contributed by atoms with Gasteiger partial charge in [-0.15, -0.1) is 11.8 Å². The first-order valence-electron chi connectivity index (χ1n) is 7.99. The summed E-state index contributed by atoms with van der Waals surface area (Å²) in [6, 6.07) is 9.25. The Kier molecular flexibility index (Phi) is 7.11. The third-order valence-corrected chi connectivity index (χ3v) is 4.90. The van der Waals surface area contributed by atoms with Crippen molar-refractivity contribution in [2.75, 3.05) is 18.9 Å². The molecule has 130 valence electrons. The largest absolute Gasteiger partial charge is 0.464 e. The maximum Gasteiger partial charge on any atom is 0.329 e. The molecule has 2 amide bonds. The summed E-state index contributed by atoms with van der Waals surface area (Å²) in [7, 11) is 0. The lowest BCUT2D eigenvalue weighted by Crippen LogP contribution is -2.52. The standard InChI is InChI=1S/C17H22N2O4S/c1-2-23-17(22)13-11-24-14(16(21)19-13)10-15(20)18-9-8-12-6-4-3-5-7-12/h3-7,13-14H,2,8-11H2,1H3,(H,18,20)(H,19,21)/t13-,14+/m0/s1. The highest BCUT2D eigenvalue weighted by Gasteiger charge is 2.34. The molecule has 2 atom stereocenters. The van der Waals surface area contributed by atoms with Crippen LogP contribution in [0.1, 0.15) is 18.9 Å². The number of amides is 2. The summed E-state index contributed by atoms with van der Waals surface area (Å²) < 4.78 is 4.89. The minimum atomic E-state index is -0.625. The first-order chi connectivity index (χ1) is 11.6. The Morgan fingerprint density at radius 1 is 1.33 bits per heavy atom. The molecule has 0 spiro atoms. The van der Waals surface area contributed by atoms with Crippen molar-refractivity contribution in [2.24, 2.45) is 0 Å². The normalized spacial score (nSPS) is 20.1. The van der Waals surface area contributed by atoms with Crippen LogP contribution in [0.2, 0.25) is 0 Å². The molecule has 0 saturated carbocycles. The predicted octanol–water partition coefficient (Wildman–Crippen LogP) is 0.899. The minimum Gasteiger partial charge on any atom is -0.464 e. The van der Waals surface area contributed by atoms with Gasteiger partial charge in [0.05, 0.1) is 11.9 Å². The summed E-state index contributed by atoms with van der Waals surface area (Å²) >= 11 is 1.32. The Morgan fingerprint density at radius 2 is 2.08 bits per heavy atom. The van der Waals surface area contributed by atoms with Gasteiger partial charge in [-0.25, -0.2) is 4.79 Å². The van der Waals surface area contributed by atoms with Crippen molar-refractivity contribution >= 4 is 29.5 Å². The Balaban J connectivity index is 1.70. The summed E-state index contributed by atoms with van der Waals surface area (Å²) in [5.41, 5.74) is 1.15. The Hall–Kier alpha value is -2.02. The zero-order valence-electron chi connectivity index (χ0n) is 13.6. The van der Waals surface area contributed by atoms with Gasteiger partial charge >= 0.3 is 5.97 Å². The molecule has 1 aliphatic rings. The molecule has 1 aromatic rings. The van der Waals surface area contributed by atoms with Gasteiger partial charge in [-0.2, -0.15) is 0 Å². The highest BCUT2D eigenvalue weighted by molar-refractivity contribution is 8.00. The third-order valence-electron chi connectivity index (χ3n) is 3.59. The molecule has 24 heavy (non-hydrogen) atoms. The zero-order chi connectivity index (χ0) is 17.4. The molecule has 0 unspecified atom stereocenters. The van der Waals surface area contributed by atoms with Gasteiger partial charge in [0.2, 0.25) is 11.8 Å². The van der Waals surface area contributed by atoms with E-state index in [4.69, 9.17) is 4.74 Å². The van der Waals surface area contributed by atoms with Gasteiger partial charge in [-0.3, -0.25) is 9.59 Å². The summed E-state index contributed by atoms with van der Waals surface area (Å²) in [5.74, 6) is -0.452. The number of hydrogen-bond acceptors (Lipinski definition) is 5. The summed E-state index contributed by atoms with van der Waals surface area (Å²) in [6.45, 7) is 2.54. The van der Waals surface area contributed by atoms with Crippen LogP contribution in [0.15, 0.2) is 30.3 Å². The van der Waals surface area contributed by atoms with Crippen LogP contribution in [-0.4, -0.2) is 48.0 Å². The van der Waals surface area contributed by atoms with Crippen LogP contribution in [0, 0.1) is 0 Å². The van der Waals surface area contributed by atoms with Crippen LogP contribution in [0.4, 0.5) is 0 Å². The molecule has 2 rings (SSSR count). The van der Waals surface area contributed by atoms with Crippen LogP contribution in [-0.2, 0) is 25.5 Å². The minimum absolute atomic E-state index is 0.112. The fraction of sp³-hybridized carbons (Fsp3) is 0.471. The smallest absolute Gasteiger partial charge is 0.329 e. The molecule has 0 aliphatic carbocycles. The second kappa shape index (κ2) is 9.32. The van der Waals surface area contributed by atoms with Crippen LogP contribution >= 0.6 is 11.8 Å². The number of rotatable bonds is 7. The lowest BCUT2D eigenvalue weighted by atomic mass is 10.1. The lowest BCUT2D eigenvalue weighted by Gasteiger charge is -2.27. The Labute approximate surface area is 145 Å². The van der Waals surface area contributed by atoms with Gasteiger partial charge < -0.3 is 15.4 Å². The van der Waals surface area contributed by atoms with Crippen molar-refractivity contribution in [1.29, 1.82) is 0 Å². The highest BCUT2D eigenvalue weighted by atomic mass is 32.2. The van der Waals surface area contributed by atoms with Crippen molar-refractivity contribution in [3.63, 3.8) is 0 Å². The first-order valence-corrected chi connectivity index (χ1v) is 9.04. The van der Waals surface area contributed by atoms with E-state index in [9.17, 15) is 14.4 Å². The molecular weight excluding hydrogens is 328 g/mol. The summed E-state index contributed by atoms with van der Waals surface area (Å²) in [5, 5.41) is 4.99. The highest BCUT2D eigenvalue weighted by Crippen LogP contribution is 2.21. The van der Waals surface area contributed by atoms with E-state index in [1.165, 1.54) is 11.8 Å². The zero-order valence-corrected chi connectivity index (χ0v) is 14.4. The average molecular weight is 350 g/mol. The number of thioether (sulfide) groups is 1. The quantitative estimate of drug-likeness (QED) is 0.714. The van der Waals surface area contributed by atoms with Crippen LogP contribution in [0.25, 0.3) is 0 Å². The molecule has 0 aromatic heterocycles. The molecule has 7 heteroatoms. The van der Waals surface area contributed by atoms with Crippen LogP contribution in [0.5, 0.6) is 0 Å². The molecule has 1 aromatic carbocycles. The fourth-order valence-electron chi connectivity index (χ4n) is 2.35. The van der Waals surface area contributed by atoms with Gasteiger partial charge in [-0.05, 0) is 18.9 Å². The van der Waals surface area contributed by atoms with Crippen molar-refractivity contribution in [3.05, 3.63) is 35.9 Å². The van der Waals surface area contributed by atoms with Gasteiger partial charge in [-0.1, -0.05) is 30.3 Å². The van der Waals surface area contributed by atoms with Crippen LogP contribution < -0.4 is 10.6 Å². The van der Waals surface area contributed by atoms with E-state index in [2.05, 4.69) is 10.6 Å². The Morgan fingerprint density at radius 3 is 2.75 bits per heavy atom. The van der Waals surface area contributed by atoms with Crippen molar-refractivity contribution in [3.8, 4) is 0 Å². The summed E-state index contributed by atoms with van der Waals surface area (Å²) in [4.78, 5) is 35.6. The molecule has 1 aliphatic heterocycles. The maximum absolute atomic E-state index is 12.0. The molecule has 0 bridgehead atoms. The van der Waals surface area contributed by atoms with Gasteiger partial charge in [0.25, 0.3) is 0 Å². The molecule has 1 fully saturated rings. The van der Waals surface area contributed by atoms with E-state index in [0.717, 1.165) is 12.0 Å². The van der Waals surface area contributed by atoms with E-state index in [1.807, 2.05) is 30.3 Å². The first kappa shape index (κ1) is 18.3. The predicted molar refractivity (Wildman–Crippen MR) is 92.6 cm³/mol. The topological polar surface area (TPSA) is 84.5 Å². The van der Waals surface area contributed by atoms with E-state index in [0.29, 0.717) is 12.3 Å². The molecule has 1 saturated heterocycles. The van der Waals surface area contributed by atoms with Crippen LogP contribution in [0.3, 0.4) is 0 Å². The molecule has 6 nitrogen and oxygen atoms in total. The number of nitrogens with one attached hydrogen (secondary N) is 2. The molecule has 0 radical (unpaired) electrons. The van der Waals surface area contributed by atoms with Crippen molar-refractivity contribution < 1.29 is 19.1 Å². The number of carbonyl (C=O) groups excluding carboxylic acids is 3. The Bertz CT molecular complexity index is 579. The second-order valence-electron chi connectivity index (χ2n) is 5.42. The van der Waals surface area contributed by atoms with E-state index in [1.54, 1.807) is 6.92 Å². The third kappa shape index (κ3) is 5.56. The monoisotopic (exact) mass is 350 g/mol. The SMILES string of the molecule is CCOC(=O)[C@@H]1CS[C@H](CC(=O)NCCc2ccccc2)C(=O)N1. The lowest BCUT2D eigenvalue weighted by molar-refractivity contribution is -0.146. The van der Waals surface area contributed by atoms with E-state index >= 15 is 0 Å². The van der Waals surface area contributed by atoms with Gasteiger partial charge in [0.15, 0.2) is 0 Å². The number of ether oxygens (including phenoxy) is 1. The van der Waals surface area contributed by atoms with E-state index < -0.39 is 17.3 Å². The number of benzene rings is 1. The number of carbonyl (C=O) groups is 3. The molecule has 2 N–H and O–H groups in total. The second-order valence-corrected chi connectivity index (χ2v) is 6.66. The molecule has 1 heterocycles. The molecular formula is C17H22N2O4S. The van der Waals surface area contributed by atoms with E-state index in [-0.39, 0.29) is 24.8 Å². The number of hydrogen-bond donors (Lipinski definition) is 2. The average Bonchev–Trinajstić information content (AvgIpc) is 2.58.